The van der Waals surface area contributed by atoms with Gasteiger partial charge in [0.05, 0.1) is 0 Å². The summed E-state index contributed by atoms with van der Waals surface area (Å²) in [5.74, 6) is -1.79. The van der Waals surface area contributed by atoms with E-state index in [1.165, 1.54) is 12.2 Å². The van der Waals surface area contributed by atoms with Crippen LogP contribution in [0.15, 0.2) is 16.9 Å². The molecule has 0 aliphatic heterocycles. The van der Waals surface area contributed by atoms with Gasteiger partial charge in [0.15, 0.2) is 5.79 Å². The topological polar surface area (TPSA) is 73.3 Å². The number of fused-ring (bicyclic) bond motifs is 1. The van der Waals surface area contributed by atoms with Crippen LogP contribution in [0, 0.1) is 6.92 Å². The fraction of sp³-hybridized carbons (Fsp3) is 0.300. The van der Waals surface area contributed by atoms with Gasteiger partial charge in [-0.15, -0.1) is 0 Å². The van der Waals surface area contributed by atoms with Gasteiger partial charge in [-0.2, -0.15) is 0 Å². The van der Waals surface area contributed by atoms with Crippen LogP contribution in [0.5, 0.6) is 0 Å². The highest BCUT2D eigenvalue weighted by Gasteiger charge is 2.25. The molecule has 0 unspecified atom stereocenters. The van der Waals surface area contributed by atoms with Crippen molar-refractivity contribution in [1.82, 2.24) is 4.98 Å². The predicted molar refractivity (Wildman–Crippen MR) is 51.7 cm³/mol. The zero-order valence-corrected chi connectivity index (χ0v) is 7.74. The van der Waals surface area contributed by atoms with E-state index in [0.29, 0.717) is 11.3 Å². The van der Waals surface area contributed by atoms with E-state index in [4.69, 9.17) is 0 Å². The summed E-state index contributed by atoms with van der Waals surface area (Å²) in [6.07, 6.45) is 2.89. The summed E-state index contributed by atoms with van der Waals surface area (Å²) in [6.45, 7) is 1.69. The van der Waals surface area contributed by atoms with E-state index in [2.05, 4.69) is 4.98 Å². The second-order valence-corrected chi connectivity index (χ2v) is 3.61. The normalized spacial score (nSPS) is 17.9. The number of H-pyrrole nitrogens is 1. The molecule has 0 atom stereocenters. The van der Waals surface area contributed by atoms with E-state index in [9.17, 15) is 15.0 Å². The summed E-state index contributed by atoms with van der Waals surface area (Å²) in [5, 5.41) is 18.7. The third-order valence-electron chi connectivity index (χ3n) is 2.31. The number of hydrogen-bond donors (Lipinski definition) is 3. The zero-order chi connectivity index (χ0) is 10.3. The average Bonchev–Trinajstić information content (AvgIpc) is 2.07. The summed E-state index contributed by atoms with van der Waals surface area (Å²) >= 11 is 0. The summed E-state index contributed by atoms with van der Waals surface area (Å²) in [7, 11) is 0. The van der Waals surface area contributed by atoms with E-state index in [0.717, 1.165) is 5.56 Å². The van der Waals surface area contributed by atoms with Crippen molar-refractivity contribution in [1.29, 1.82) is 0 Å². The van der Waals surface area contributed by atoms with Crippen LogP contribution in [0.25, 0.3) is 6.08 Å². The van der Waals surface area contributed by atoms with E-state index < -0.39 is 5.79 Å². The first kappa shape index (κ1) is 9.18. The number of nitrogens with one attached hydrogen (secondary N) is 1. The first-order valence-electron chi connectivity index (χ1n) is 4.35. The fourth-order valence-corrected chi connectivity index (χ4v) is 1.56. The van der Waals surface area contributed by atoms with Crippen molar-refractivity contribution in [2.75, 3.05) is 0 Å². The highest BCUT2D eigenvalue weighted by molar-refractivity contribution is 5.54. The van der Waals surface area contributed by atoms with Crippen molar-refractivity contribution in [3.8, 4) is 0 Å². The third-order valence-corrected chi connectivity index (χ3v) is 2.31. The molecule has 0 spiro atoms. The van der Waals surface area contributed by atoms with Gasteiger partial charge in [0.1, 0.15) is 0 Å². The van der Waals surface area contributed by atoms with Crippen molar-refractivity contribution in [2.45, 2.75) is 19.1 Å². The van der Waals surface area contributed by atoms with Gasteiger partial charge in [-0.3, -0.25) is 4.79 Å². The summed E-state index contributed by atoms with van der Waals surface area (Å²) in [6, 6.07) is 1.68. The molecule has 0 amide bonds. The largest absolute Gasteiger partial charge is 0.362 e. The highest BCUT2D eigenvalue weighted by atomic mass is 16.5. The Kier molecular flexibility index (Phi) is 1.83. The Balaban J connectivity index is 2.58. The Labute approximate surface area is 80.5 Å². The van der Waals surface area contributed by atoms with Crippen molar-refractivity contribution in [3.05, 3.63) is 39.3 Å². The molecule has 1 aromatic heterocycles. The first-order chi connectivity index (χ1) is 6.48. The maximum Gasteiger partial charge on any atom is 0.251 e. The van der Waals surface area contributed by atoms with Gasteiger partial charge in [0, 0.05) is 17.7 Å². The molecule has 0 aromatic carbocycles. The van der Waals surface area contributed by atoms with Crippen LogP contribution < -0.4 is 5.56 Å². The van der Waals surface area contributed by atoms with Crippen LogP contribution in [-0.4, -0.2) is 21.0 Å². The summed E-state index contributed by atoms with van der Waals surface area (Å²) < 4.78 is 0. The van der Waals surface area contributed by atoms with Crippen molar-refractivity contribution >= 4 is 6.08 Å². The van der Waals surface area contributed by atoms with Crippen LogP contribution in [0.1, 0.15) is 16.8 Å². The molecule has 0 fully saturated rings. The van der Waals surface area contributed by atoms with Crippen LogP contribution in [0.2, 0.25) is 0 Å². The Bertz CT molecular complexity index is 457. The Morgan fingerprint density at radius 2 is 2.21 bits per heavy atom. The van der Waals surface area contributed by atoms with Gasteiger partial charge in [-0.1, -0.05) is 0 Å². The van der Waals surface area contributed by atoms with Crippen molar-refractivity contribution in [2.24, 2.45) is 0 Å². The standard InChI is InChI=1S/C10H11NO3/c1-6-4-7-5-10(13,14)3-2-8(7)11-9(6)12/h2-4,13-14H,5H2,1H3,(H,11,12). The Morgan fingerprint density at radius 1 is 1.50 bits per heavy atom. The third kappa shape index (κ3) is 1.49. The molecular formula is C10H11NO3. The van der Waals surface area contributed by atoms with Gasteiger partial charge in [0.2, 0.25) is 0 Å². The fourth-order valence-electron chi connectivity index (χ4n) is 1.56. The lowest BCUT2D eigenvalue weighted by Gasteiger charge is -2.22. The van der Waals surface area contributed by atoms with Gasteiger partial charge >= 0.3 is 0 Å². The number of aryl methyl sites for hydroxylation is 1. The maximum absolute atomic E-state index is 11.2. The summed E-state index contributed by atoms with van der Waals surface area (Å²) in [5.41, 5.74) is 1.83. The van der Waals surface area contributed by atoms with Crippen LogP contribution >= 0.6 is 0 Å². The lowest BCUT2D eigenvalue weighted by Crippen LogP contribution is -2.31. The van der Waals surface area contributed by atoms with Crippen LogP contribution in [0.4, 0.5) is 0 Å². The number of aliphatic hydroxyl groups is 2. The minimum absolute atomic E-state index is 0.108. The first-order valence-corrected chi connectivity index (χ1v) is 4.35. The lowest BCUT2D eigenvalue weighted by atomic mass is 9.96. The van der Waals surface area contributed by atoms with Gasteiger partial charge in [-0.25, -0.2) is 0 Å². The molecular weight excluding hydrogens is 182 g/mol. The van der Waals surface area contributed by atoms with Crippen LogP contribution in [-0.2, 0) is 6.42 Å². The number of pyridine rings is 1. The minimum atomic E-state index is -1.79. The van der Waals surface area contributed by atoms with Gasteiger partial charge < -0.3 is 15.2 Å². The molecule has 1 heterocycles. The SMILES string of the molecule is Cc1cc2c([nH]c1=O)C=CC(O)(O)C2. The van der Waals surface area contributed by atoms with E-state index in [1.54, 1.807) is 13.0 Å². The smallest absolute Gasteiger partial charge is 0.251 e. The van der Waals surface area contributed by atoms with E-state index in [-0.39, 0.29) is 12.0 Å². The molecule has 0 saturated carbocycles. The molecule has 14 heavy (non-hydrogen) atoms. The van der Waals surface area contributed by atoms with Crippen molar-refractivity contribution in [3.63, 3.8) is 0 Å². The predicted octanol–water partition coefficient (Wildman–Crippen LogP) is -0.0665. The molecule has 0 bridgehead atoms. The van der Waals surface area contributed by atoms with E-state index in [1.807, 2.05) is 0 Å². The number of rotatable bonds is 0. The molecule has 2 rings (SSSR count). The highest BCUT2D eigenvalue weighted by Crippen LogP contribution is 2.21. The zero-order valence-electron chi connectivity index (χ0n) is 7.74. The van der Waals surface area contributed by atoms with Gasteiger partial charge in [-0.05, 0) is 30.7 Å². The monoisotopic (exact) mass is 193 g/mol. The quantitative estimate of drug-likeness (QED) is 0.505. The maximum atomic E-state index is 11.2. The average molecular weight is 193 g/mol. The Hall–Kier alpha value is -1.39. The molecule has 1 aliphatic carbocycles. The minimum Gasteiger partial charge on any atom is -0.362 e. The molecule has 74 valence electrons. The second kappa shape index (κ2) is 2.80. The number of hydrogen-bond acceptors (Lipinski definition) is 3. The lowest BCUT2D eigenvalue weighted by molar-refractivity contribution is -0.116. The summed E-state index contributed by atoms with van der Waals surface area (Å²) in [4.78, 5) is 13.9. The molecule has 1 aliphatic rings. The number of aromatic amines is 1. The molecule has 4 nitrogen and oxygen atoms in total. The van der Waals surface area contributed by atoms with Crippen LogP contribution in [0.3, 0.4) is 0 Å². The van der Waals surface area contributed by atoms with E-state index >= 15 is 0 Å². The molecule has 1 aromatic rings. The van der Waals surface area contributed by atoms with Gasteiger partial charge in [0.25, 0.3) is 5.56 Å². The molecule has 0 saturated heterocycles. The second-order valence-electron chi connectivity index (χ2n) is 3.61. The Morgan fingerprint density at radius 3 is 2.93 bits per heavy atom. The number of aromatic nitrogens is 1. The molecule has 4 heteroatoms. The van der Waals surface area contributed by atoms with Crippen molar-refractivity contribution < 1.29 is 10.2 Å². The molecule has 3 N–H and O–H groups in total. The molecule has 0 radical (unpaired) electrons.